The van der Waals surface area contributed by atoms with Crippen molar-refractivity contribution in [2.75, 3.05) is 39.3 Å². The fourth-order valence-electron chi connectivity index (χ4n) is 3.26. The number of nitrogens with zero attached hydrogens (tertiary/aromatic N) is 2. The molecule has 17 heavy (non-hydrogen) atoms. The molecule has 0 aromatic carbocycles. The number of hydrogen-bond donors (Lipinski definition) is 1. The summed E-state index contributed by atoms with van der Waals surface area (Å²) in [4.78, 5) is 5.24. The van der Waals surface area contributed by atoms with Crippen molar-refractivity contribution in [3.8, 4) is 0 Å². The van der Waals surface area contributed by atoms with Gasteiger partial charge in [-0.3, -0.25) is 4.90 Å². The van der Waals surface area contributed by atoms with Crippen molar-refractivity contribution in [1.82, 2.24) is 9.80 Å². The van der Waals surface area contributed by atoms with Crippen molar-refractivity contribution in [2.24, 2.45) is 11.1 Å². The lowest BCUT2D eigenvalue weighted by molar-refractivity contribution is 0.00559. The van der Waals surface area contributed by atoms with Crippen LogP contribution in [-0.2, 0) is 0 Å². The predicted octanol–water partition coefficient (Wildman–Crippen LogP) is 1.53. The van der Waals surface area contributed by atoms with Crippen LogP contribution in [0.4, 0.5) is 0 Å². The Balaban J connectivity index is 1.94. The Kier molecular flexibility index (Phi) is 3.81. The average Bonchev–Trinajstić information content (AvgIpc) is 3.09. The summed E-state index contributed by atoms with van der Waals surface area (Å²) in [6.07, 6.45) is 3.98. The molecular weight excluding hydrogens is 210 g/mol. The van der Waals surface area contributed by atoms with E-state index < -0.39 is 0 Å². The lowest BCUT2D eigenvalue weighted by Crippen LogP contribution is -2.62. The highest BCUT2D eigenvalue weighted by Gasteiger charge is 2.55. The van der Waals surface area contributed by atoms with Gasteiger partial charge in [0.2, 0.25) is 0 Å². The summed E-state index contributed by atoms with van der Waals surface area (Å²) < 4.78 is 0. The van der Waals surface area contributed by atoms with E-state index in [1.807, 2.05) is 0 Å². The summed E-state index contributed by atoms with van der Waals surface area (Å²) in [7, 11) is 0. The zero-order valence-corrected chi connectivity index (χ0v) is 11.8. The molecule has 1 heterocycles. The van der Waals surface area contributed by atoms with Gasteiger partial charge in [-0.1, -0.05) is 13.8 Å². The van der Waals surface area contributed by atoms with E-state index >= 15 is 0 Å². The summed E-state index contributed by atoms with van der Waals surface area (Å²) in [5.74, 6) is 0. The summed E-state index contributed by atoms with van der Waals surface area (Å²) in [6.45, 7) is 14.0. The van der Waals surface area contributed by atoms with E-state index in [-0.39, 0.29) is 5.54 Å². The zero-order valence-electron chi connectivity index (χ0n) is 11.8. The number of piperazine rings is 1. The third-order valence-corrected chi connectivity index (χ3v) is 5.31. The predicted molar refractivity (Wildman–Crippen MR) is 73.1 cm³/mol. The second kappa shape index (κ2) is 4.87. The maximum atomic E-state index is 6.10. The number of rotatable bonds is 5. The fourth-order valence-corrected chi connectivity index (χ4v) is 3.26. The molecule has 0 bridgehead atoms. The molecule has 2 fully saturated rings. The van der Waals surface area contributed by atoms with Gasteiger partial charge >= 0.3 is 0 Å². The quantitative estimate of drug-likeness (QED) is 0.790. The molecular formula is C14H29N3. The highest BCUT2D eigenvalue weighted by atomic mass is 15.3. The standard InChI is InChI=1S/C14H29N3/c1-4-7-16-8-10-17(11-9-16)14(3,12-15)13(2)5-6-13/h4-12,15H2,1-3H3. The Morgan fingerprint density at radius 2 is 1.76 bits per heavy atom. The third kappa shape index (κ3) is 2.38. The lowest BCUT2D eigenvalue weighted by Gasteiger charge is -2.49. The van der Waals surface area contributed by atoms with Gasteiger partial charge in [0, 0.05) is 38.3 Å². The van der Waals surface area contributed by atoms with E-state index in [1.54, 1.807) is 0 Å². The first kappa shape index (κ1) is 13.3. The molecule has 1 saturated heterocycles. The van der Waals surface area contributed by atoms with Crippen LogP contribution in [0.15, 0.2) is 0 Å². The number of hydrogen-bond acceptors (Lipinski definition) is 3. The van der Waals surface area contributed by atoms with Crippen LogP contribution < -0.4 is 5.73 Å². The molecule has 3 heteroatoms. The molecule has 1 aliphatic heterocycles. The molecule has 2 rings (SSSR count). The largest absolute Gasteiger partial charge is 0.329 e. The average molecular weight is 239 g/mol. The highest BCUT2D eigenvalue weighted by molar-refractivity contribution is 5.10. The molecule has 0 aromatic heterocycles. The Morgan fingerprint density at radius 1 is 1.18 bits per heavy atom. The minimum Gasteiger partial charge on any atom is -0.329 e. The highest BCUT2D eigenvalue weighted by Crippen LogP contribution is 2.55. The van der Waals surface area contributed by atoms with E-state index in [1.165, 1.54) is 52.0 Å². The van der Waals surface area contributed by atoms with Gasteiger partial charge in [0.25, 0.3) is 0 Å². The van der Waals surface area contributed by atoms with Gasteiger partial charge in [0.1, 0.15) is 0 Å². The molecule has 3 nitrogen and oxygen atoms in total. The fraction of sp³-hybridized carbons (Fsp3) is 1.00. The normalized spacial score (nSPS) is 28.9. The van der Waals surface area contributed by atoms with Crippen molar-refractivity contribution in [3.63, 3.8) is 0 Å². The van der Waals surface area contributed by atoms with Crippen molar-refractivity contribution in [1.29, 1.82) is 0 Å². The molecule has 1 atom stereocenters. The summed E-state index contributed by atoms with van der Waals surface area (Å²) >= 11 is 0. The van der Waals surface area contributed by atoms with E-state index in [4.69, 9.17) is 5.73 Å². The van der Waals surface area contributed by atoms with Gasteiger partial charge < -0.3 is 10.6 Å². The summed E-state index contributed by atoms with van der Waals surface area (Å²) in [6, 6.07) is 0. The molecule has 1 unspecified atom stereocenters. The maximum Gasteiger partial charge on any atom is 0.0358 e. The molecule has 0 radical (unpaired) electrons. The Hall–Kier alpha value is -0.120. The summed E-state index contributed by atoms with van der Waals surface area (Å²) in [5, 5.41) is 0. The minimum absolute atomic E-state index is 0.227. The first-order valence-corrected chi connectivity index (χ1v) is 7.23. The summed E-state index contributed by atoms with van der Waals surface area (Å²) in [5.41, 5.74) is 6.81. The lowest BCUT2D eigenvalue weighted by atomic mass is 9.81. The van der Waals surface area contributed by atoms with Crippen molar-refractivity contribution in [2.45, 2.75) is 45.6 Å². The van der Waals surface area contributed by atoms with Crippen LogP contribution in [0.25, 0.3) is 0 Å². The minimum atomic E-state index is 0.227. The van der Waals surface area contributed by atoms with E-state index in [0.29, 0.717) is 5.41 Å². The van der Waals surface area contributed by atoms with E-state index in [9.17, 15) is 0 Å². The molecule has 1 aliphatic carbocycles. The SMILES string of the molecule is CCCN1CCN(C(C)(CN)C2(C)CC2)CC1. The van der Waals surface area contributed by atoms with E-state index in [2.05, 4.69) is 30.6 Å². The first-order chi connectivity index (χ1) is 8.05. The van der Waals surface area contributed by atoms with Gasteiger partial charge in [0.15, 0.2) is 0 Å². The Labute approximate surface area is 106 Å². The second-order valence-corrected chi connectivity index (χ2v) is 6.37. The number of nitrogens with two attached hydrogens (primary N) is 1. The molecule has 0 spiro atoms. The van der Waals surface area contributed by atoms with Gasteiger partial charge in [-0.15, -0.1) is 0 Å². The molecule has 1 saturated carbocycles. The van der Waals surface area contributed by atoms with Crippen molar-refractivity contribution < 1.29 is 0 Å². The van der Waals surface area contributed by atoms with Crippen molar-refractivity contribution in [3.05, 3.63) is 0 Å². The van der Waals surface area contributed by atoms with Crippen LogP contribution in [-0.4, -0.2) is 54.6 Å². The van der Waals surface area contributed by atoms with Crippen LogP contribution in [0.3, 0.4) is 0 Å². The van der Waals surface area contributed by atoms with Crippen LogP contribution >= 0.6 is 0 Å². The third-order valence-electron chi connectivity index (χ3n) is 5.31. The van der Waals surface area contributed by atoms with Crippen LogP contribution in [0.2, 0.25) is 0 Å². The maximum absolute atomic E-state index is 6.10. The van der Waals surface area contributed by atoms with Gasteiger partial charge in [-0.05, 0) is 38.1 Å². The smallest absolute Gasteiger partial charge is 0.0358 e. The first-order valence-electron chi connectivity index (χ1n) is 7.23. The van der Waals surface area contributed by atoms with Gasteiger partial charge in [-0.25, -0.2) is 0 Å². The van der Waals surface area contributed by atoms with E-state index in [0.717, 1.165) is 6.54 Å². The monoisotopic (exact) mass is 239 g/mol. The molecule has 0 amide bonds. The molecule has 2 N–H and O–H groups in total. The van der Waals surface area contributed by atoms with Gasteiger partial charge in [-0.2, -0.15) is 0 Å². The van der Waals surface area contributed by atoms with Crippen molar-refractivity contribution >= 4 is 0 Å². The molecule has 100 valence electrons. The zero-order chi connectivity index (χ0) is 12.5. The molecule has 2 aliphatic rings. The Bertz CT molecular complexity index is 254. The van der Waals surface area contributed by atoms with Gasteiger partial charge in [0.05, 0.1) is 0 Å². The van der Waals surface area contributed by atoms with Crippen LogP contribution in [0, 0.1) is 5.41 Å². The second-order valence-electron chi connectivity index (χ2n) is 6.37. The van der Waals surface area contributed by atoms with Crippen LogP contribution in [0.1, 0.15) is 40.0 Å². The topological polar surface area (TPSA) is 32.5 Å². The Morgan fingerprint density at radius 3 is 2.18 bits per heavy atom. The molecule has 0 aromatic rings. The van der Waals surface area contributed by atoms with Crippen LogP contribution in [0.5, 0.6) is 0 Å².